The largest absolute Gasteiger partial charge is 0.494 e. The summed E-state index contributed by atoms with van der Waals surface area (Å²) in [6, 6.07) is 12.1. The molecule has 0 radical (unpaired) electrons. The number of nitrogens with zero attached hydrogens (tertiary/aromatic N) is 1. The molecule has 0 aliphatic heterocycles. The average molecular weight is 457 g/mol. The topological polar surface area (TPSA) is 120 Å². The third kappa shape index (κ3) is 8.03. The summed E-state index contributed by atoms with van der Waals surface area (Å²) in [6.45, 7) is 6.22. The van der Waals surface area contributed by atoms with Crippen molar-refractivity contribution in [1.82, 2.24) is 5.32 Å². The van der Waals surface area contributed by atoms with E-state index in [-0.39, 0.29) is 18.4 Å². The Morgan fingerprint density at radius 3 is 2.42 bits per heavy atom. The molecule has 2 aromatic rings. The molecule has 33 heavy (non-hydrogen) atoms. The van der Waals surface area contributed by atoms with E-state index in [0.29, 0.717) is 36.6 Å². The molecule has 9 nitrogen and oxygen atoms in total. The molecule has 0 saturated carbocycles. The molecule has 0 spiro atoms. The number of urea groups is 1. The number of anilines is 3. The quantitative estimate of drug-likeness (QED) is 0.381. The first-order chi connectivity index (χ1) is 15.7. The average Bonchev–Trinajstić information content (AvgIpc) is 2.75. The van der Waals surface area contributed by atoms with Crippen molar-refractivity contribution in [3.05, 3.63) is 48.0 Å². The Bertz CT molecular complexity index is 979. The van der Waals surface area contributed by atoms with Crippen molar-refractivity contribution in [2.75, 3.05) is 35.7 Å². The lowest BCUT2D eigenvalue weighted by Crippen LogP contribution is -2.37. The normalized spacial score (nSPS) is 11.3. The number of carboxylic acid groups (broad SMARTS) is 1. The molecule has 4 N–H and O–H groups in total. The van der Waals surface area contributed by atoms with Gasteiger partial charge in [-0.05, 0) is 44.0 Å². The van der Waals surface area contributed by atoms with E-state index in [1.807, 2.05) is 49.1 Å². The van der Waals surface area contributed by atoms with E-state index in [1.165, 1.54) is 14.0 Å². The second-order valence-electron chi connectivity index (χ2n) is 7.76. The van der Waals surface area contributed by atoms with Crippen LogP contribution in [0, 0.1) is 6.92 Å². The fraction of sp³-hybridized carbons (Fsp3) is 0.375. The van der Waals surface area contributed by atoms with Crippen LogP contribution in [0.25, 0.3) is 0 Å². The van der Waals surface area contributed by atoms with Gasteiger partial charge in [0.05, 0.1) is 19.2 Å². The molecule has 0 bridgehead atoms. The number of aliphatic carboxylic acids is 1. The minimum atomic E-state index is -0.896. The van der Waals surface area contributed by atoms with Gasteiger partial charge in [0.15, 0.2) is 0 Å². The fourth-order valence-corrected chi connectivity index (χ4v) is 3.43. The van der Waals surface area contributed by atoms with Crippen LogP contribution >= 0.6 is 0 Å². The Kier molecular flexibility index (Phi) is 9.53. The molecule has 1 unspecified atom stereocenters. The number of rotatable bonds is 11. The van der Waals surface area contributed by atoms with Crippen LogP contribution in [-0.4, -0.2) is 49.3 Å². The maximum Gasteiger partial charge on any atom is 0.323 e. The van der Waals surface area contributed by atoms with E-state index < -0.39 is 12.0 Å². The Labute approximate surface area is 194 Å². The summed E-state index contributed by atoms with van der Waals surface area (Å²) in [5.41, 5.74) is 2.89. The molecular weight excluding hydrogens is 424 g/mol. The Balaban J connectivity index is 2.17. The van der Waals surface area contributed by atoms with E-state index >= 15 is 0 Å². The number of carbonyl (C=O) groups is 3. The molecule has 1 atom stereocenters. The monoisotopic (exact) mass is 456 g/mol. The highest BCUT2D eigenvalue weighted by molar-refractivity contribution is 6.01. The number of nitrogens with one attached hydrogen (secondary N) is 3. The predicted molar refractivity (Wildman–Crippen MR) is 129 cm³/mol. The number of aryl methyl sites for hydroxylation is 1. The predicted octanol–water partition coefficient (Wildman–Crippen LogP) is 3.84. The van der Waals surface area contributed by atoms with Gasteiger partial charge in [-0.2, -0.15) is 0 Å². The molecule has 9 heteroatoms. The van der Waals surface area contributed by atoms with Crippen LogP contribution in [0.3, 0.4) is 0 Å². The van der Waals surface area contributed by atoms with Crippen molar-refractivity contribution < 1.29 is 24.2 Å². The molecule has 0 aliphatic rings. The summed E-state index contributed by atoms with van der Waals surface area (Å²) in [4.78, 5) is 36.8. The zero-order chi connectivity index (χ0) is 24.4. The molecule has 2 aromatic carbocycles. The fourth-order valence-electron chi connectivity index (χ4n) is 3.43. The number of hydrogen-bond donors (Lipinski definition) is 4. The molecule has 0 heterocycles. The Hall–Kier alpha value is -3.75. The number of hydrogen-bond acceptors (Lipinski definition) is 5. The van der Waals surface area contributed by atoms with Gasteiger partial charge in [-0.3, -0.25) is 9.59 Å². The third-order valence-electron chi connectivity index (χ3n) is 5.11. The van der Waals surface area contributed by atoms with Crippen LogP contribution in [0.5, 0.6) is 5.75 Å². The Morgan fingerprint density at radius 2 is 1.79 bits per heavy atom. The summed E-state index contributed by atoms with van der Waals surface area (Å²) in [5.74, 6) is -0.560. The summed E-state index contributed by atoms with van der Waals surface area (Å²) < 4.78 is 5.49. The number of benzene rings is 2. The highest BCUT2D eigenvalue weighted by Gasteiger charge is 2.19. The van der Waals surface area contributed by atoms with Crippen LogP contribution in [0.15, 0.2) is 42.5 Å². The van der Waals surface area contributed by atoms with Gasteiger partial charge in [-0.15, -0.1) is 0 Å². The van der Waals surface area contributed by atoms with Gasteiger partial charge in [0.2, 0.25) is 5.91 Å². The van der Waals surface area contributed by atoms with Crippen LogP contribution < -0.4 is 25.6 Å². The van der Waals surface area contributed by atoms with Crippen LogP contribution in [0.2, 0.25) is 0 Å². The van der Waals surface area contributed by atoms with Gasteiger partial charge < -0.3 is 30.7 Å². The highest BCUT2D eigenvalue weighted by Crippen LogP contribution is 2.31. The first-order valence-electron chi connectivity index (χ1n) is 10.8. The van der Waals surface area contributed by atoms with E-state index in [9.17, 15) is 19.5 Å². The van der Waals surface area contributed by atoms with Crippen molar-refractivity contribution in [2.45, 2.75) is 39.7 Å². The summed E-state index contributed by atoms with van der Waals surface area (Å²) in [7, 11) is 1.51. The first kappa shape index (κ1) is 25.5. The molecule has 2 rings (SSSR count). The standard InChI is InChI=1S/C24H32N4O5/c1-16-8-5-6-9-20(16)26-24(32)27-21-11-10-19(15-22(21)33-4)28(17(2)14-23(30)31)13-7-12-25-18(3)29/h5-6,8-11,15,17H,7,12-14H2,1-4H3,(H,25,29)(H,30,31)(H2,26,27,32). The SMILES string of the molecule is COc1cc(N(CCCNC(C)=O)C(C)CC(=O)O)ccc1NC(=O)Nc1ccccc1C. The first-order valence-corrected chi connectivity index (χ1v) is 10.8. The van der Waals surface area contributed by atoms with Gasteiger partial charge in [0.1, 0.15) is 5.75 Å². The maximum atomic E-state index is 12.5. The third-order valence-corrected chi connectivity index (χ3v) is 5.11. The van der Waals surface area contributed by atoms with Crippen molar-refractivity contribution in [1.29, 1.82) is 0 Å². The number of ether oxygens (including phenoxy) is 1. The van der Waals surface area contributed by atoms with Crippen LogP contribution in [0.4, 0.5) is 21.9 Å². The second kappa shape index (κ2) is 12.3. The van der Waals surface area contributed by atoms with E-state index in [4.69, 9.17) is 4.74 Å². The van der Waals surface area contributed by atoms with Gasteiger partial charge in [-0.1, -0.05) is 18.2 Å². The zero-order valence-electron chi connectivity index (χ0n) is 19.5. The number of carbonyl (C=O) groups excluding carboxylic acids is 2. The molecule has 0 aliphatic carbocycles. The van der Waals surface area contributed by atoms with E-state index in [1.54, 1.807) is 12.1 Å². The summed E-state index contributed by atoms with van der Waals surface area (Å²) in [6.07, 6.45) is 0.603. The second-order valence-corrected chi connectivity index (χ2v) is 7.76. The van der Waals surface area contributed by atoms with Crippen LogP contribution in [-0.2, 0) is 9.59 Å². The lowest BCUT2D eigenvalue weighted by molar-refractivity contribution is -0.137. The number of carboxylic acids is 1. The highest BCUT2D eigenvalue weighted by atomic mass is 16.5. The molecule has 0 aromatic heterocycles. The minimum Gasteiger partial charge on any atom is -0.494 e. The summed E-state index contributed by atoms with van der Waals surface area (Å²) >= 11 is 0. The zero-order valence-corrected chi connectivity index (χ0v) is 19.5. The van der Waals surface area contributed by atoms with E-state index in [0.717, 1.165) is 11.3 Å². The van der Waals surface area contributed by atoms with Crippen molar-refractivity contribution in [2.24, 2.45) is 0 Å². The van der Waals surface area contributed by atoms with Crippen molar-refractivity contribution in [3.63, 3.8) is 0 Å². The maximum absolute atomic E-state index is 12.5. The van der Waals surface area contributed by atoms with Gasteiger partial charge >= 0.3 is 12.0 Å². The van der Waals surface area contributed by atoms with Gasteiger partial charge in [-0.25, -0.2) is 4.79 Å². The minimum absolute atomic E-state index is 0.0404. The lowest BCUT2D eigenvalue weighted by Gasteiger charge is -2.31. The number of methoxy groups -OCH3 is 1. The molecular formula is C24H32N4O5. The molecule has 0 saturated heterocycles. The van der Waals surface area contributed by atoms with E-state index in [2.05, 4.69) is 16.0 Å². The summed E-state index contributed by atoms with van der Waals surface area (Å²) in [5, 5.41) is 17.6. The number of para-hydroxylation sites is 1. The molecule has 0 fully saturated rings. The number of amides is 3. The molecule has 3 amide bonds. The smallest absolute Gasteiger partial charge is 0.323 e. The van der Waals surface area contributed by atoms with Crippen molar-refractivity contribution >= 4 is 35.0 Å². The van der Waals surface area contributed by atoms with Crippen molar-refractivity contribution in [3.8, 4) is 5.75 Å². The van der Waals surface area contributed by atoms with Gasteiger partial charge in [0, 0.05) is 43.5 Å². The van der Waals surface area contributed by atoms with Gasteiger partial charge in [0.25, 0.3) is 0 Å². The Morgan fingerprint density at radius 1 is 1.09 bits per heavy atom. The lowest BCUT2D eigenvalue weighted by atomic mass is 10.1. The van der Waals surface area contributed by atoms with Crippen LogP contribution in [0.1, 0.15) is 32.3 Å². The molecule has 178 valence electrons.